The number of ether oxygens (including phenoxy) is 1. The second-order valence-corrected chi connectivity index (χ2v) is 8.32. The number of aliphatic carboxylic acids is 1. The van der Waals surface area contributed by atoms with E-state index >= 15 is 0 Å². The van der Waals surface area contributed by atoms with Crippen molar-refractivity contribution in [2.45, 2.75) is 25.3 Å². The number of alkyl carbamates (subject to hydrolysis) is 1. The molecule has 0 fully saturated rings. The Kier molecular flexibility index (Phi) is 6.23. The summed E-state index contributed by atoms with van der Waals surface area (Å²) >= 11 is 1.42. The van der Waals surface area contributed by atoms with Gasteiger partial charge in [0.1, 0.15) is 12.6 Å². The molecule has 2 aromatic carbocycles. The molecule has 32 heavy (non-hydrogen) atoms. The molecule has 3 N–H and O–H groups in total. The first kappa shape index (κ1) is 21.6. The minimum Gasteiger partial charge on any atom is -0.481 e. The molecule has 8 heteroatoms. The number of carboxylic acids is 1. The van der Waals surface area contributed by atoms with Gasteiger partial charge in [-0.25, -0.2) is 4.79 Å². The van der Waals surface area contributed by atoms with E-state index in [9.17, 15) is 19.5 Å². The molecule has 0 spiro atoms. The minimum absolute atomic E-state index is 0.0743. The lowest BCUT2D eigenvalue weighted by atomic mass is 9.98. The molecule has 1 aliphatic carbocycles. The van der Waals surface area contributed by atoms with Gasteiger partial charge in [-0.2, -0.15) is 0 Å². The first-order valence-electron chi connectivity index (χ1n) is 10.1. The van der Waals surface area contributed by atoms with Gasteiger partial charge in [-0.3, -0.25) is 9.59 Å². The number of anilines is 1. The van der Waals surface area contributed by atoms with Gasteiger partial charge in [0.05, 0.1) is 12.1 Å². The van der Waals surface area contributed by atoms with Crippen LogP contribution >= 0.6 is 11.3 Å². The molecule has 1 unspecified atom stereocenters. The summed E-state index contributed by atoms with van der Waals surface area (Å²) in [5.74, 6) is -1.94. The Hall–Kier alpha value is -3.65. The molecule has 0 radical (unpaired) electrons. The summed E-state index contributed by atoms with van der Waals surface area (Å²) in [6, 6.07) is 14.6. The largest absolute Gasteiger partial charge is 0.481 e. The molecule has 7 nitrogen and oxygen atoms in total. The molecule has 1 aliphatic rings. The summed E-state index contributed by atoms with van der Waals surface area (Å²) in [6.45, 7) is 1.90. The first-order valence-corrected chi connectivity index (χ1v) is 11.0. The summed E-state index contributed by atoms with van der Waals surface area (Å²) < 4.78 is 5.44. The van der Waals surface area contributed by atoms with E-state index in [0.717, 1.165) is 27.8 Å². The van der Waals surface area contributed by atoms with Crippen molar-refractivity contribution >= 4 is 35.0 Å². The number of thiophene rings is 1. The Balaban J connectivity index is 1.43. The molecule has 0 saturated carbocycles. The van der Waals surface area contributed by atoms with Crippen LogP contribution in [0.3, 0.4) is 0 Å². The van der Waals surface area contributed by atoms with Gasteiger partial charge in [0, 0.05) is 11.3 Å². The summed E-state index contributed by atoms with van der Waals surface area (Å²) in [7, 11) is 0. The number of fused-ring (bicyclic) bond motifs is 3. The number of hydrogen-bond donors (Lipinski definition) is 3. The van der Waals surface area contributed by atoms with Gasteiger partial charge in [-0.15, -0.1) is 11.3 Å². The molecule has 3 aromatic rings. The molecule has 164 valence electrons. The molecule has 0 saturated heterocycles. The average Bonchev–Trinajstić information content (AvgIpc) is 3.32. The number of hydrogen-bond acceptors (Lipinski definition) is 5. The van der Waals surface area contributed by atoms with Gasteiger partial charge in [-0.05, 0) is 40.1 Å². The summed E-state index contributed by atoms with van der Waals surface area (Å²) in [5, 5.41) is 17.9. The van der Waals surface area contributed by atoms with Gasteiger partial charge in [-0.1, -0.05) is 48.5 Å². The van der Waals surface area contributed by atoms with E-state index in [-0.39, 0.29) is 12.5 Å². The summed E-state index contributed by atoms with van der Waals surface area (Å²) in [6.07, 6.45) is -1.39. The molecule has 2 amide bonds. The number of aryl methyl sites for hydroxylation is 1. The molecule has 0 bridgehead atoms. The maximum atomic E-state index is 12.6. The average molecular weight is 451 g/mol. The van der Waals surface area contributed by atoms with Crippen molar-refractivity contribution in [1.82, 2.24) is 5.32 Å². The third-order valence-electron chi connectivity index (χ3n) is 5.44. The molecule has 1 atom stereocenters. The van der Waals surface area contributed by atoms with Crippen molar-refractivity contribution in [2.24, 2.45) is 0 Å². The van der Waals surface area contributed by atoms with Crippen LogP contribution in [0.1, 0.15) is 29.0 Å². The SMILES string of the molecule is Cc1cscc1NC(=O)C(CC(=O)O)NC(=O)OCC1c2ccccc2-c2ccccc21. The van der Waals surface area contributed by atoms with Gasteiger partial charge >= 0.3 is 12.1 Å². The normalized spacial score (nSPS) is 13.0. The fourth-order valence-electron chi connectivity index (χ4n) is 3.87. The molecule has 0 aliphatic heterocycles. The Morgan fingerprint density at radius 2 is 1.66 bits per heavy atom. The summed E-state index contributed by atoms with van der Waals surface area (Å²) in [4.78, 5) is 36.3. The number of benzene rings is 2. The molecule has 4 rings (SSSR count). The van der Waals surface area contributed by atoms with E-state index in [4.69, 9.17) is 4.74 Å². The topological polar surface area (TPSA) is 105 Å². The third kappa shape index (κ3) is 4.50. The number of amides is 2. The van der Waals surface area contributed by atoms with Gasteiger partial charge in [0.15, 0.2) is 0 Å². The molecular formula is C24H22N2O5S. The number of rotatable bonds is 7. The highest BCUT2D eigenvalue weighted by Crippen LogP contribution is 2.44. The van der Waals surface area contributed by atoms with Crippen LogP contribution in [0, 0.1) is 6.92 Å². The predicted octanol–water partition coefficient (Wildman–Crippen LogP) is 4.38. The van der Waals surface area contributed by atoms with Crippen molar-refractivity contribution in [3.63, 3.8) is 0 Å². The Morgan fingerprint density at radius 3 is 2.22 bits per heavy atom. The highest BCUT2D eigenvalue weighted by atomic mass is 32.1. The van der Waals surface area contributed by atoms with Crippen LogP contribution in [-0.2, 0) is 14.3 Å². The zero-order chi connectivity index (χ0) is 22.7. The quantitative estimate of drug-likeness (QED) is 0.496. The molecule has 1 aromatic heterocycles. The van der Waals surface area contributed by atoms with E-state index in [0.29, 0.717) is 5.69 Å². The van der Waals surface area contributed by atoms with Crippen molar-refractivity contribution in [2.75, 3.05) is 11.9 Å². The number of nitrogens with one attached hydrogen (secondary N) is 2. The van der Waals surface area contributed by atoms with Crippen LogP contribution in [0.2, 0.25) is 0 Å². The first-order chi connectivity index (χ1) is 15.4. The highest BCUT2D eigenvalue weighted by Gasteiger charge is 2.30. The monoisotopic (exact) mass is 450 g/mol. The van der Waals surface area contributed by atoms with Crippen LogP contribution in [-0.4, -0.2) is 35.7 Å². The zero-order valence-corrected chi connectivity index (χ0v) is 18.1. The third-order valence-corrected chi connectivity index (χ3v) is 6.31. The highest BCUT2D eigenvalue weighted by molar-refractivity contribution is 7.08. The number of carboxylic acid groups (broad SMARTS) is 1. The van der Waals surface area contributed by atoms with Crippen molar-refractivity contribution in [3.8, 4) is 11.1 Å². The Labute approximate surface area is 189 Å². The molecular weight excluding hydrogens is 428 g/mol. The molecule has 1 heterocycles. The number of carbonyl (C=O) groups is 3. The fourth-order valence-corrected chi connectivity index (χ4v) is 4.65. The maximum Gasteiger partial charge on any atom is 0.407 e. The Bertz CT molecular complexity index is 1130. The smallest absolute Gasteiger partial charge is 0.407 e. The van der Waals surface area contributed by atoms with E-state index < -0.39 is 30.4 Å². The lowest BCUT2D eigenvalue weighted by Gasteiger charge is -2.18. The Morgan fingerprint density at radius 1 is 1.03 bits per heavy atom. The fraction of sp³-hybridized carbons (Fsp3) is 0.208. The van der Waals surface area contributed by atoms with Gasteiger partial charge < -0.3 is 20.5 Å². The van der Waals surface area contributed by atoms with E-state index in [2.05, 4.69) is 10.6 Å². The van der Waals surface area contributed by atoms with Gasteiger partial charge in [0.25, 0.3) is 0 Å². The van der Waals surface area contributed by atoms with Crippen molar-refractivity contribution in [3.05, 3.63) is 76.0 Å². The van der Waals surface area contributed by atoms with E-state index in [1.807, 2.05) is 60.8 Å². The van der Waals surface area contributed by atoms with Gasteiger partial charge in [0.2, 0.25) is 5.91 Å². The lowest BCUT2D eigenvalue weighted by Crippen LogP contribution is -2.45. The summed E-state index contributed by atoms with van der Waals surface area (Å²) in [5.41, 5.74) is 5.78. The maximum absolute atomic E-state index is 12.6. The zero-order valence-electron chi connectivity index (χ0n) is 17.3. The standard InChI is InChI=1S/C24H22N2O5S/c1-14-12-32-13-21(14)25-23(29)20(10-22(27)28)26-24(30)31-11-19-17-8-4-2-6-15(17)16-7-3-5-9-18(16)19/h2-9,12-13,19-20H,10-11H2,1H3,(H,25,29)(H,26,30)(H,27,28). The minimum atomic E-state index is -1.26. The van der Waals surface area contributed by atoms with E-state index in [1.54, 1.807) is 5.38 Å². The van der Waals surface area contributed by atoms with Crippen LogP contribution in [0.25, 0.3) is 11.1 Å². The second kappa shape index (κ2) is 9.23. The second-order valence-electron chi connectivity index (χ2n) is 7.58. The van der Waals surface area contributed by atoms with Crippen LogP contribution in [0.4, 0.5) is 10.5 Å². The van der Waals surface area contributed by atoms with Crippen molar-refractivity contribution in [1.29, 1.82) is 0 Å². The van der Waals surface area contributed by atoms with Crippen LogP contribution < -0.4 is 10.6 Å². The van der Waals surface area contributed by atoms with Crippen LogP contribution in [0.5, 0.6) is 0 Å². The van der Waals surface area contributed by atoms with Crippen molar-refractivity contribution < 1.29 is 24.2 Å². The van der Waals surface area contributed by atoms with Crippen LogP contribution in [0.15, 0.2) is 59.3 Å². The predicted molar refractivity (Wildman–Crippen MR) is 122 cm³/mol. The number of carbonyl (C=O) groups excluding carboxylic acids is 2. The van der Waals surface area contributed by atoms with E-state index in [1.165, 1.54) is 11.3 Å². The lowest BCUT2D eigenvalue weighted by molar-refractivity contribution is -0.139.